The second kappa shape index (κ2) is 7.51. The number of carbonyl (C=O) groups is 1. The number of nitrogens with zero attached hydrogens (tertiary/aromatic N) is 3. The Kier molecular flexibility index (Phi) is 4.92. The zero-order valence-corrected chi connectivity index (χ0v) is 15.9. The monoisotopic (exact) mass is 397 g/mol. The zero-order chi connectivity index (χ0) is 18.8. The second-order valence-electron chi connectivity index (χ2n) is 6.26. The van der Waals surface area contributed by atoms with E-state index in [0.717, 1.165) is 17.1 Å². The quantitative estimate of drug-likeness (QED) is 0.552. The van der Waals surface area contributed by atoms with E-state index in [4.69, 9.17) is 23.2 Å². The van der Waals surface area contributed by atoms with Crippen LogP contribution in [0, 0.1) is 0 Å². The predicted molar refractivity (Wildman–Crippen MR) is 112 cm³/mol. The highest BCUT2D eigenvalue weighted by Crippen LogP contribution is 2.30. The summed E-state index contributed by atoms with van der Waals surface area (Å²) < 4.78 is 0. The third-order valence-corrected chi connectivity index (χ3v) is 4.92. The third kappa shape index (κ3) is 3.72. The number of carbonyl (C=O) groups excluding carboxylic acids is 1. The van der Waals surface area contributed by atoms with Crippen LogP contribution in [0.3, 0.4) is 0 Å². The van der Waals surface area contributed by atoms with Crippen molar-refractivity contribution in [3.05, 3.63) is 88.9 Å². The van der Waals surface area contributed by atoms with Crippen molar-refractivity contribution in [2.45, 2.75) is 0 Å². The van der Waals surface area contributed by atoms with E-state index in [0.29, 0.717) is 23.4 Å². The minimum Gasteiger partial charge on any atom is -0.335 e. The van der Waals surface area contributed by atoms with Gasteiger partial charge in [-0.05, 0) is 48.5 Å². The van der Waals surface area contributed by atoms with Crippen LogP contribution in [-0.2, 0) is 0 Å². The molecule has 0 radical (unpaired) electrons. The van der Waals surface area contributed by atoms with Gasteiger partial charge >= 0.3 is 6.03 Å². The van der Waals surface area contributed by atoms with Gasteiger partial charge in [-0.3, -0.25) is 9.80 Å². The van der Waals surface area contributed by atoms with Crippen molar-refractivity contribution in [3.63, 3.8) is 0 Å². The zero-order valence-electron chi connectivity index (χ0n) is 14.4. The largest absolute Gasteiger partial charge is 0.335 e. The van der Waals surface area contributed by atoms with Crippen LogP contribution in [0.5, 0.6) is 0 Å². The Bertz CT molecular complexity index is 964. The molecule has 0 bridgehead atoms. The fourth-order valence-electron chi connectivity index (χ4n) is 3.13. The molecule has 1 aliphatic rings. The molecule has 0 N–H and O–H groups in total. The van der Waals surface area contributed by atoms with Crippen LogP contribution in [-0.4, -0.2) is 19.4 Å². The molecule has 27 heavy (non-hydrogen) atoms. The first-order chi connectivity index (χ1) is 13.1. The summed E-state index contributed by atoms with van der Waals surface area (Å²) >= 11 is 12.3. The fraction of sp³-hybridized carbons (Fsp3) is 0.0952. The smallest absolute Gasteiger partial charge is 0.331 e. The summed E-state index contributed by atoms with van der Waals surface area (Å²) in [7, 11) is 0. The van der Waals surface area contributed by atoms with E-state index in [1.807, 2.05) is 66.7 Å². The molecule has 3 aromatic rings. The van der Waals surface area contributed by atoms with Gasteiger partial charge in [-0.15, -0.1) is 0 Å². The molecule has 0 spiro atoms. The van der Waals surface area contributed by atoms with E-state index in [-0.39, 0.29) is 6.03 Å². The molecule has 0 aromatic heterocycles. The SMILES string of the molecule is O=C1N(c2ccccc2)CN(c2cccc(Cl)c2)CN1c1cccc(Cl)c1. The molecule has 0 saturated carbocycles. The fourth-order valence-corrected chi connectivity index (χ4v) is 3.49. The molecule has 1 heterocycles. The van der Waals surface area contributed by atoms with Crippen LogP contribution >= 0.6 is 23.2 Å². The summed E-state index contributed by atoms with van der Waals surface area (Å²) in [6.45, 7) is 0.836. The maximum absolute atomic E-state index is 13.2. The number of hydrogen-bond acceptors (Lipinski definition) is 2. The van der Waals surface area contributed by atoms with Gasteiger partial charge in [0.05, 0.1) is 0 Å². The summed E-state index contributed by atoms with van der Waals surface area (Å²) in [5.41, 5.74) is 2.53. The Morgan fingerprint density at radius 3 is 1.78 bits per heavy atom. The van der Waals surface area contributed by atoms with Crippen LogP contribution < -0.4 is 14.7 Å². The number of para-hydroxylation sites is 1. The first kappa shape index (κ1) is 17.7. The minimum atomic E-state index is -0.0956. The van der Waals surface area contributed by atoms with Crippen molar-refractivity contribution >= 4 is 46.3 Å². The molecule has 1 fully saturated rings. The van der Waals surface area contributed by atoms with Crippen LogP contribution in [0.1, 0.15) is 0 Å². The average Bonchev–Trinajstić information content (AvgIpc) is 2.69. The number of rotatable bonds is 3. The molecular weight excluding hydrogens is 381 g/mol. The van der Waals surface area contributed by atoms with Gasteiger partial charge in [0.2, 0.25) is 0 Å². The Morgan fingerprint density at radius 1 is 0.630 bits per heavy atom. The van der Waals surface area contributed by atoms with E-state index < -0.39 is 0 Å². The topological polar surface area (TPSA) is 26.8 Å². The lowest BCUT2D eigenvalue weighted by Crippen LogP contribution is -2.59. The lowest BCUT2D eigenvalue weighted by molar-refractivity contribution is 0.249. The Morgan fingerprint density at radius 2 is 1.15 bits per heavy atom. The molecule has 0 atom stereocenters. The summed E-state index contributed by atoms with van der Waals surface area (Å²) in [5, 5.41) is 1.25. The van der Waals surface area contributed by atoms with Gasteiger partial charge in [0.15, 0.2) is 0 Å². The summed E-state index contributed by atoms with van der Waals surface area (Å²) in [6, 6.07) is 24.5. The normalized spacial score (nSPS) is 14.6. The van der Waals surface area contributed by atoms with Crippen LogP contribution in [0.15, 0.2) is 78.9 Å². The van der Waals surface area contributed by atoms with Gasteiger partial charge in [0.1, 0.15) is 13.3 Å². The predicted octanol–water partition coefficient (Wildman–Crippen LogP) is 5.86. The highest BCUT2D eigenvalue weighted by molar-refractivity contribution is 6.31. The first-order valence-corrected chi connectivity index (χ1v) is 9.27. The number of urea groups is 1. The molecule has 0 unspecified atom stereocenters. The molecule has 4 rings (SSSR count). The lowest BCUT2D eigenvalue weighted by atomic mass is 10.2. The number of anilines is 3. The molecule has 2 amide bonds. The van der Waals surface area contributed by atoms with E-state index in [9.17, 15) is 4.79 Å². The number of hydrogen-bond donors (Lipinski definition) is 0. The van der Waals surface area contributed by atoms with Crippen LogP contribution in [0.25, 0.3) is 0 Å². The highest BCUT2D eigenvalue weighted by Gasteiger charge is 2.32. The van der Waals surface area contributed by atoms with Gasteiger partial charge in [0.25, 0.3) is 0 Å². The van der Waals surface area contributed by atoms with E-state index in [1.54, 1.807) is 21.9 Å². The Balaban J connectivity index is 1.75. The van der Waals surface area contributed by atoms with Crippen molar-refractivity contribution in [3.8, 4) is 0 Å². The molecule has 1 aliphatic heterocycles. The molecule has 136 valence electrons. The van der Waals surface area contributed by atoms with Crippen molar-refractivity contribution in [1.29, 1.82) is 0 Å². The van der Waals surface area contributed by atoms with Gasteiger partial charge in [0, 0.05) is 27.1 Å². The first-order valence-electron chi connectivity index (χ1n) is 8.52. The van der Waals surface area contributed by atoms with Crippen LogP contribution in [0.2, 0.25) is 10.0 Å². The Hall–Kier alpha value is -2.69. The lowest BCUT2D eigenvalue weighted by Gasteiger charge is -2.43. The summed E-state index contributed by atoms with van der Waals surface area (Å²) in [6.07, 6.45) is 0. The van der Waals surface area contributed by atoms with Gasteiger partial charge in [-0.1, -0.05) is 53.5 Å². The number of halogens is 2. The molecular formula is C21H17Cl2N3O. The van der Waals surface area contributed by atoms with Crippen molar-refractivity contribution < 1.29 is 4.79 Å². The second-order valence-corrected chi connectivity index (χ2v) is 7.13. The molecule has 0 aliphatic carbocycles. The maximum Gasteiger partial charge on any atom is 0.331 e. The standard InChI is InChI=1S/C21H17Cl2N3O/c22-16-6-4-10-19(12-16)24-14-25(18-8-2-1-3-9-18)21(27)26(15-24)20-11-5-7-17(23)13-20/h1-13H,14-15H2. The molecule has 6 heteroatoms. The van der Waals surface area contributed by atoms with E-state index in [1.165, 1.54) is 0 Å². The summed E-state index contributed by atoms with van der Waals surface area (Å²) in [4.78, 5) is 18.8. The summed E-state index contributed by atoms with van der Waals surface area (Å²) in [5.74, 6) is 0. The van der Waals surface area contributed by atoms with E-state index >= 15 is 0 Å². The van der Waals surface area contributed by atoms with Crippen molar-refractivity contribution in [2.24, 2.45) is 0 Å². The van der Waals surface area contributed by atoms with Gasteiger partial charge < -0.3 is 4.90 Å². The average molecular weight is 398 g/mol. The van der Waals surface area contributed by atoms with Crippen molar-refractivity contribution in [2.75, 3.05) is 28.0 Å². The number of amides is 2. The highest BCUT2D eigenvalue weighted by atomic mass is 35.5. The van der Waals surface area contributed by atoms with E-state index in [2.05, 4.69) is 4.90 Å². The van der Waals surface area contributed by atoms with Gasteiger partial charge in [-0.2, -0.15) is 0 Å². The Labute approximate surface area is 168 Å². The molecule has 4 nitrogen and oxygen atoms in total. The third-order valence-electron chi connectivity index (χ3n) is 4.45. The van der Waals surface area contributed by atoms with Crippen LogP contribution in [0.4, 0.5) is 21.9 Å². The molecule has 3 aromatic carbocycles. The van der Waals surface area contributed by atoms with Crippen molar-refractivity contribution in [1.82, 2.24) is 0 Å². The minimum absolute atomic E-state index is 0.0956. The molecule has 1 saturated heterocycles. The maximum atomic E-state index is 13.2. The number of benzene rings is 3. The van der Waals surface area contributed by atoms with Gasteiger partial charge in [-0.25, -0.2) is 4.79 Å².